The van der Waals surface area contributed by atoms with Crippen LogP contribution in [0, 0.1) is 5.92 Å². The largest absolute Gasteiger partial charge is 0.573 e. The molecule has 1 saturated carbocycles. The molecule has 2 aliphatic heterocycles. The Morgan fingerprint density at radius 2 is 1.73 bits per heavy atom. The van der Waals surface area contributed by atoms with E-state index in [1.807, 2.05) is 19.9 Å². The Kier molecular flexibility index (Phi) is 7.10. The molecular weight excluding hydrogens is 538 g/mol. The average Bonchev–Trinajstić information content (AvgIpc) is 3.68. The molecule has 1 aliphatic carbocycles. The first-order chi connectivity index (χ1) is 18.7. The summed E-state index contributed by atoms with van der Waals surface area (Å²) >= 11 is 0. The highest BCUT2D eigenvalue weighted by Crippen LogP contribution is 2.41. The van der Waals surface area contributed by atoms with Crippen LogP contribution in [0.1, 0.15) is 50.3 Å². The molecule has 2 aromatic carbocycles. The van der Waals surface area contributed by atoms with Crippen LogP contribution in [0.4, 0.5) is 32.0 Å². The summed E-state index contributed by atoms with van der Waals surface area (Å²) in [4.78, 5) is 19.6. The molecule has 3 atom stereocenters. The molecule has 0 aromatic heterocycles. The minimum Gasteiger partial charge on any atom is -0.406 e. The molecule has 6 nitrogen and oxygen atoms in total. The third kappa shape index (κ3) is 6.11. The maximum absolute atomic E-state index is 13.8. The predicted molar refractivity (Wildman–Crippen MR) is 137 cm³/mol. The summed E-state index contributed by atoms with van der Waals surface area (Å²) in [7, 11) is 0. The van der Waals surface area contributed by atoms with E-state index in [9.17, 15) is 31.1 Å². The van der Waals surface area contributed by atoms with Crippen LogP contribution in [-0.2, 0) is 11.0 Å². The van der Waals surface area contributed by atoms with Crippen molar-refractivity contribution < 1.29 is 35.9 Å². The fourth-order valence-electron chi connectivity index (χ4n) is 5.20. The van der Waals surface area contributed by atoms with Crippen molar-refractivity contribution in [1.29, 1.82) is 0 Å². The first kappa shape index (κ1) is 28.0. The number of allylic oxidation sites excluding steroid dienone is 1. The van der Waals surface area contributed by atoms with Gasteiger partial charge in [-0.15, -0.1) is 13.2 Å². The summed E-state index contributed by atoms with van der Waals surface area (Å²) in [5.74, 6) is -0.415. The van der Waals surface area contributed by atoms with Gasteiger partial charge in [0.15, 0.2) is 0 Å². The highest BCUT2D eigenvalue weighted by atomic mass is 19.4. The summed E-state index contributed by atoms with van der Waals surface area (Å²) in [6, 6.07) is 7.88. The number of alkyl halides is 6. The maximum atomic E-state index is 13.8. The number of halogens is 6. The van der Waals surface area contributed by atoms with Crippen molar-refractivity contribution >= 4 is 17.8 Å². The molecule has 2 heterocycles. The van der Waals surface area contributed by atoms with Crippen molar-refractivity contribution in [2.75, 3.05) is 4.90 Å². The number of carbonyl (C=O) groups excluding carboxylic acids is 1. The van der Waals surface area contributed by atoms with Gasteiger partial charge in [0, 0.05) is 17.6 Å². The van der Waals surface area contributed by atoms with Crippen molar-refractivity contribution in [2.45, 2.75) is 69.4 Å². The molecule has 1 amide bonds. The quantitative estimate of drug-likeness (QED) is 0.397. The molecule has 3 aliphatic rings. The van der Waals surface area contributed by atoms with Gasteiger partial charge in [0.1, 0.15) is 11.9 Å². The molecule has 1 unspecified atom stereocenters. The van der Waals surface area contributed by atoms with E-state index in [1.54, 1.807) is 12.3 Å². The average molecular weight is 567 g/mol. The van der Waals surface area contributed by atoms with E-state index in [0.717, 1.165) is 36.7 Å². The lowest BCUT2D eigenvalue weighted by molar-refractivity contribution is -0.274. The zero-order valence-electron chi connectivity index (χ0n) is 21.7. The Morgan fingerprint density at radius 1 is 1.02 bits per heavy atom. The number of carbonyl (C=O) groups is 1. The minimum atomic E-state index is -4.91. The summed E-state index contributed by atoms with van der Waals surface area (Å²) in [6.45, 7) is 3.80. The molecule has 12 heteroatoms. The third-order valence-corrected chi connectivity index (χ3v) is 7.32. The normalized spacial score (nSPS) is 23.7. The third-order valence-electron chi connectivity index (χ3n) is 7.32. The Bertz CT molecular complexity index is 1320. The molecule has 40 heavy (non-hydrogen) atoms. The molecule has 1 saturated heterocycles. The van der Waals surface area contributed by atoms with E-state index in [2.05, 4.69) is 20.4 Å². The SMILES string of the molecule is CC(C)(N[C@@H]1C[C@H](c2cccc(OC(F)(F)F)c2)N(c2ccc(C(F)(F)F)cc2)C1=O)C1=CC=NC(C2CC2)N1. The van der Waals surface area contributed by atoms with Crippen LogP contribution in [0.5, 0.6) is 5.75 Å². The van der Waals surface area contributed by atoms with Crippen molar-refractivity contribution in [1.82, 2.24) is 10.6 Å². The van der Waals surface area contributed by atoms with Gasteiger partial charge < -0.3 is 15.0 Å². The van der Waals surface area contributed by atoms with Gasteiger partial charge in [0.25, 0.3) is 0 Å². The van der Waals surface area contributed by atoms with Crippen LogP contribution < -0.4 is 20.3 Å². The van der Waals surface area contributed by atoms with Gasteiger partial charge in [-0.2, -0.15) is 13.2 Å². The fourth-order valence-corrected chi connectivity index (χ4v) is 5.20. The highest BCUT2D eigenvalue weighted by Gasteiger charge is 2.45. The number of hydrogen-bond acceptors (Lipinski definition) is 5. The molecule has 2 N–H and O–H groups in total. The van der Waals surface area contributed by atoms with Crippen LogP contribution in [0.25, 0.3) is 0 Å². The molecule has 0 radical (unpaired) electrons. The first-order valence-electron chi connectivity index (χ1n) is 12.9. The zero-order chi connectivity index (χ0) is 28.9. The van der Waals surface area contributed by atoms with E-state index in [-0.39, 0.29) is 18.3 Å². The van der Waals surface area contributed by atoms with Crippen molar-refractivity contribution in [2.24, 2.45) is 10.9 Å². The standard InChI is InChI=1S/C28H28F6N4O2/c1-26(2,23-12-13-35-24(36-23)16-6-7-16)37-21-15-22(17-4-3-5-20(14-17)40-28(32,33)34)38(25(21)39)19-10-8-18(9-11-19)27(29,30)31/h3-5,8-14,16,21-22,24,36-37H,6-7,15H2,1-2H3/t21-,22-,24?/m1/s1. The molecule has 5 rings (SSSR count). The van der Waals surface area contributed by atoms with Crippen molar-refractivity contribution in [3.63, 3.8) is 0 Å². The number of hydrogen-bond donors (Lipinski definition) is 2. The summed E-state index contributed by atoms with van der Waals surface area (Å²) in [6.07, 6.45) is -3.64. The lowest BCUT2D eigenvalue weighted by atomic mass is 9.95. The minimum absolute atomic E-state index is 0.0480. The number of nitrogens with one attached hydrogen (secondary N) is 2. The lowest BCUT2D eigenvalue weighted by Gasteiger charge is -2.35. The monoisotopic (exact) mass is 566 g/mol. The number of anilines is 1. The van der Waals surface area contributed by atoms with Crippen molar-refractivity contribution in [3.8, 4) is 5.75 Å². The lowest BCUT2D eigenvalue weighted by Crippen LogP contribution is -2.54. The predicted octanol–water partition coefficient (Wildman–Crippen LogP) is 6.11. The molecule has 0 bridgehead atoms. The smallest absolute Gasteiger partial charge is 0.406 e. The van der Waals surface area contributed by atoms with Gasteiger partial charge >= 0.3 is 12.5 Å². The Morgan fingerprint density at radius 3 is 2.35 bits per heavy atom. The highest BCUT2D eigenvalue weighted by molar-refractivity contribution is 6.00. The number of nitrogens with zero attached hydrogens (tertiary/aromatic N) is 2. The molecule has 2 aromatic rings. The van der Waals surface area contributed by atoms with E-state index >= 15 is 0 Å². The second-order valence-corrected chi connectivity index (χ2v) is 10.8. The Balaban J connectivity index is 1.45. The van der Waals surface area contributed by atoms with Gasteiger partial charge in [-0.3, -0.25) is 15.1 Å². The fraction of sp³-hybridized carbons (Fsp3) is 0.429. The van der Waals surface area contributed by atoms with Crippen molar-refractivity contribution in [3.05, 3.63) is 71.4 Å². The number of amides is 1. The molecule has 0 spiro atoms. The summed E-state index contributed by atoms with van der Waals surface area (Å²) in [5.41, 5.74) is -0.214. The van der Waals surface area contributed by atoms with Crippen LogP contribution >= 0.6 is 0 Å². The van der Waals surface area contributed by atoms with Crippen LogP contribution in [0.15, 0.2) is 65.3 Å². The van der Waals surface area contributed by atoms with Gasteiger partial charge in [0.2, 0.25) is 5.91 Å². The van der Waals surface area contributed by atoms with Gasteiger partial charge in [-0.05, 0) is 87.1 Å². The second kappa shape index (κ2) is 10.1. The van der Waals surface area contributed by atoms with E-state index in [1.165, 1.54) is 29.2 Å². The second-order valence-electron chi connectivity index (χ2n) is 10.8. The number of ether oxygens (including phenoxy) is 1. The Hall–Kier alpha value is -3.54. The Labute approximate surface area is 227 Å². The molecular formula is C28H28F6N4O2. The van der Waals surface area contributed by atoms with Gasteiger partial charge in [-0.1, -0.05) is 12.1 Å². The van der Waals surface area contributed by atoms with Crippen LogP contribution in [0.3, 0.4) is 0 Å². The maximum Gasteiger partial charge on any atom is 0.573 e. The first-order valence-corrected chi connectivity index (χ1v) is 12.9. The van der Waals surface area contributed by atoms with Gasteiger partial charge in [0.05, 0.1) is 23.2 Å². The van der Waals surface area contributed by atoms with Crippen LogP contribution in [0.2, 0.25) is 0 Å². The number of aliphatic imine (C=N–C) groups is 1. The van der Waals surface area contributed by atoms with E-state index in [0.29, 0.717) is 11.5 Å². The van der Waals surface area contributed by atoms with Gasteiger partial charge in [-0.25, -0.2) is 0 Å². The number of benzene rings is 2. The van der Waals surface area contributed by atoms with Crippen LogP contribution in [-0.4, -0.2) is 36.2 Å². The zero-order valence-corrected chi connectivity index (χ0v) is 21.7. The molecule has 214 valence electrons. The van der Waals surface area contributed by atoms with E-state index in [4.69, 9.17) is 0 Å². The number of rotatable bonds is 7. The molecule has 2 fully saturated rings. The summed E-state index contributed by atoms with van der Waals surface area (Å²) < 4.78 is 82.3. The van der Waals surface area contributed by atoms with E-state index < -0.39 is 47.4 Å². The summed E-state index contributed by atoms with van der Waals surface area (Å²) in [5, 5.41) is 6.79. The topological polar surface area (TPSA) is 66.0 Å².